The highest BCUT2D eigenvalue weighted by Crippen LogP contribution is 2.37. The van der Waals surface area contributed by atoms with Crippen LogP contribution in [0.1, 0.15) is 57.3 Å². The molecule has 0 radical (unpaired) electrons. The number of hydrogen-bond donors (Lipinski definition) is 1. The number of aromatic nitrogens is 1. The van der Waals surface area contributed by atoms with E-state index in [2.05, 4.69) is 39.5 Å². The minimum atomic E-state index is -0.168. The maximum absolute atomic E-state index is 14.8. The number of phenolic OH excluding ortho intramolecular Hbond substituents is 1. The van der Waals surface area contributed by atoms with Crippen LogP contribution < -0.4 is 4.90 Å². The van der Waals surface area contributed by atoms with Gasteiger partial charge in [-0.15, -0.1) is 18.3 Å². The van der Waals surface area contributed by atoms with Crippen molar-refractivity contribution in [1.29, 1.82) is 0 Å². The lowest BCUT2D eigenvalue weighted by Crippen LogP contribution is -2.52. The Morgan fingerprint density at radius 1 is 0.960 bits per heavy atom. The van der Waals surface area contributed by atoms with Crippen LogP contribution in [-0.4, -0.2) is 76.7 Å². The smallest absolute Gasteiger partial charge is 0.260 e. The summed E-state index contributed by atoms with van der Waals surface area (Å²) in [4.78, 5) is 35.3. The number of phenols is 1. The summed E-state index contributed by atoms with van der Waals surface area (Å²) in [5.74, 6) is 5.88. The second-order valence-electron chi connectivity index (χ2n) is 13.0. The second kappa shape index (κ2) is 15.7. The van der Waals surface area contributed by atoms with Gasteiger partial charge in [0.2, 0.25) is 0 Å². The summed E-state index contributed by atoms with van der Waals surface area (Å²) in [7, 11) is 0. The zero-order valence-corrected chi connectivity index (χ0v) is 29.8. The number of carbonyl (C=O) groups is 2. The molecular weight excluding hydrogens is 671 g/mol. The molecule has 2 amide bonds. The SMILES string of the molecule is CC#CCN(C(=O)c1cc(-c2cc(Cl)ccc2C(=O)N2Cc3ccccc3C[C@H]2CN2CCOCC2)n2c1CCCC2)c1ccc(O)cc1.Cl. The fourth-order valence-electron chi connectivity index (χ4n) is 7.44. The second-order valence-corrected chi connectivity index (χ2v) is 13.4. The van der Waals surface area contributed by atoms with E-state index in [1.807, 2.05) is 29.2 Å². The third-order valence-electron chi connectivity index (χ3n) is 9.98. The number of fused-ring (bicyclic) bond motifs is 2. The molecule has 0 saturated carbocycles. The maximum Gasteiger partial charge on any atom is 0.260 e. The molecule has 0 unspecified atom stereocenters. The number of carbonyl (C=O) groups excluding carboxylic acids is 2. The Hall–Kier alpha value is -4.26. The Morgan fingerprint density at radius 3 is 2.48 bits per heavy atom. The lowest BCUT2D eigenvalue weighted by atomic mass is 9.92. The molecule has 3 aliphatic rings. The number of morpholine rings is 1. The largest absolute Gasteiger partial charge is 0.508 e. The number of halogens is 2. The Labute approximate surface area is 305 Å². The summed E-state index contributed by atoms with van der Waals surface area (Å²) < 4.78 is 7.82. The number of hydrogen-bond acceptors (Lipinski definition) is 5. The molecule has 1 atom stereocenters. The summed E-state index contributed by atoms with van der Waals surface area (Å²) >= 11 is 6.67. The van der Waals surface area contributed by atoms with E-state index in [1.54, 1.807) is 42.2 Å². The number of benzene rings is 3. The number of amides is 2. The predicted molar refractivity (Wildman–Crippen MR) is 199 cm³/mol. The van der Waals surface area contributed by atoms with E-state index in [4.69, 9.17) is 16.3 Å². The third-order valence-corrected chi connectivity index (χ3v) is 10.2. The molecule has 1 N–H and O–H groups in total. The van der Waals surface area contributed by atoms with Crippen LogP contribution in [-0.2, 0) is 30.7 Å². The Balaban J connectivity index is 0.00000432. The molecule has 0 bridgehead atoms. The first kappa shape index (κ1) is 35.6. The summed E-state index contributed by atoms with van der Waals surface area (Å²) in [6, 6.07) is 22.5. The van der Waals surface area contributed by atoms with Gasteiger partial charge in [-0.2, -0.15) is 0 Å². The molecule has 1 fully saturated rings. The summed E-state index contributed by atoms with van der Waals surface area (Å²) in [6.07, 6.45) is 3.47. The van der Waals surface area contributed by atoms with Gasteiger partial charge in [-0.1, -0.05) is 41.8 Å². The average molecular weight is 714 g/mol. The van der Waals surface area contributed by atoms with Crippen molar-refractivity contribution in [3.63, 3.8) is 0 Å². The van der Waals surface area contributed by atoms with Gasteiger partial charge >= 0.3 is 0 Å². The molecule has 0 aliphatic carbocycles. The topological polar surface area (TPSA) is 78.2 Å². The highest BCUT2D eigenvalue weighted by Gasteiger charge is 2.34. The standard InChI is InChI=1S/C40H41ClN4O4.ClH/c1-2-3-17-43(31-12-14-33(46)15-13-31)40(48)36-25-38(44-18-7-6-10-37(36)44)35-24-30(41)11-16-34(35)39(47)45-26-29-9-5-4-8-28(29)23-32(45)27-42-19-21-49-22-20-42;/h4-5,8-9,11-16,24-25,32,46H,6-7,10,17-23,26-27H2,1H3;1H/t32-;/m0./s1. The van der Waals surface area contributed by atoms with Gasteiger partial charge < -0.3 is 19.3 Å². The van der Waals surface area contributed by atoms with Gasteiger partial charge in [-0.3, -0.25) is 19.4 Å². The van der Waals surface area contributed by atoms with Crippen LogP contribution in [0.15, 0.2) is 72.8 Å². The number of anilines is 1. The molecule has 3 aliphatic heterocycles. The summed E-state index contributed by atoms with van der Waals surface area (Å²) in [5, 5.41) is 10.4. The van der Waals surface area contributed by atoms with Gasteiger partial charge in [-0.25, -0.2) is 0 Å². The van der Waals surface area contributed by atoms with Crippen LogP contribution in [0.4, 0.5) is 5.69 Å². The molecular formula is C40H42Cl2N4O4. The molecule has 4 aromatic rings. The van der Waals surface area contributed by atoms with Gasteiger partial charge in [0.15, 0.2) is 0 Å². The highest BCUT2D eigenvalue weighted by molar-refractivity contribution is 6.31. The van der Waals surface area contributed by atoms with Gasteiger partial charge in [0, 0.05) is 72.0 Å². The average Bonchev–Trinajstić information content (AvgIpc) is 3.52. The van der Waals surface area contributed by atoms with Crippen molar-refractivity contribution in [2.45, 2.75) is 51.7 Å². The van der Waals surface area contributed by atoms with Crippen molar-refractivity contribution in [2.75, 3.05) is 44.3 Å². The van der Waals surface area contributed by atoms with Crippen molar-refractivity contribution in [3.8, 4) is 28.8 Å². The minimum absolute atomic E-state index is 0. The first-order chi connectivity index (χ1) is 23.9. The van der Waals surface area contributed by atoms with Crippen molar-refractivity contribution >= 4 is 41.5 Å². The van der Waals surface area contributed by atoms with Crippen molar-refractivity contribution in [3.05, 3.63) is 106 Å². The van der Waals surface area contributed by atoms with Crippen LogP contribution in [0.5, 0.6) is 5.75 Å². The summed E-state index contributed by atoms with van der Waals surface area (Å²) in [5.41, 5.74) is 6.78. The molecule has 8 nitrogen and oxygen atoms in total. The zero-order chi connectivity index (χ0) is 33.9. The Kier molecular flexibility index (Phi) is 11.2. The Morgan fingerprint density at radius 2 is 1.72 bits per heavy atom. The van der Waals surface area contributed by atoms with Gasteiger partial charge in [0.05, 0.1) is 25.3 Å². The molecule has 4 heterocycles. The van der Waals surface area contributed by atoms with E-state index >= 15 is 0 Å². The number of nitrogens with zero attached hydrogens (tertiary/aromatic N) is 4. The fraction of sp³-hybridized carbons (Fsp3) is 0.350. The molecule has 260 valence electrons. The van der Waals surface area contributed by atoms with Crippen molar-refractivity contribution < 1.29 is 19.4 Å². The Bertz CT molecular complexity index is 1920. The quantitative estimate of drug-likeness (QED) is 0.212. The van der Waals surface area contributed by atoms with E-state index in [9.17, 15) is 14.7 Å². The molecule has 3 aromatic carbocycles. The van der Waals surface area contributed by atoms with E-state index in [0.29, 0.717) is 41.6 Å². The van der Waals surface area contributed by atoms with E-state index in [0.717, 1.165) is 68.8 Å². The van der Waals surface area contributed by atoms with Crippen LogP contribution in [0.3, 0.4) is 0 Å². The van der Waals surface area contributed by atoms with Crippen molar-refractivity contribution in [2.24, 2.45) is 0 Å². The molecule has 1 saturated heterocycles. The van der Waals surface area contributed by atoms with Crippen LogP contribution >= 0.6 is 24.0 Å². The minimum Gasteiger partial charge on any atom is -0.508 e. The maximum atomic E-state index is 14.8. The lowest BCUT2D eigenvalue weighted by molar-refractivity contribution is 0.0193. The molecule has 1 aromatic heterocycles. The third kappa shape index (κ3) is 7.28. The van der Waals surface area contributed by atoms with E-state index in [1.165, 1.54) is 11.1 Å². The van der Waals surface area contributed by atoms with Crippen LogP contribution in [0.25, 0.3) is 11.3 Å². The van der Waals surface area contributed by atoms with E-state index in [-0.39, 0.29) is 42.6 Å². The molecule has 50 heavy (non-hydrogen) atoms. The normalized spacial score (nSPS) is 17.1. The number of rotatable bonds is 7. The van der Waals surface area contributed by atoms with Gasteiger partial charge in [0.1, 0.15) is 5.75 Å². The summed E-state index contributed by atoms with van der Waals surface area (Å²) in [6.45, 7) is 7.12. The van der Waals surface area contributed by atoms with Gasteiger partial charge in [-0.05, 0) is 92.3 Å². The van der Waals surface area contributed by atoms with Crippen LogP contribution in [0.2, 0.25) is 5.02 Å². The first-order valence-electron chi connectivity index (χ1n) is 17.1. The lowest BCUT2D eigenvalue weighted by Gasteiger charge is -2.40. The predicted octanol–water partition coefficient (Wildman–Crippen LogP) is 6.84. The number of aromatic hydroxyl groups is 1. The fourth-order valence-corrected chi connectivity index (χ4v) is 7.61. The molecule has 0 spiro atoms. The van der Waals surface area contributed by atoms with Gasteiger partial charge in [0.25, 0.3) is 11.8 Å². The highest BCUT2D eigenvalue weighted by atomic mass is 35.5. The van der Waals surface area contributed by atoms with Crippen LogP contribution in [0, 0.1) is 11.8 Å². The monoisotopic (exact) mass is 712 g/mol. The first-order valence-corrected chi connectivity index (χ1v) is 17.5. The van der Waals surface area contributed by atoms with E-state index < -0.39 is 0 Å². The van der Waals surface area contributed by atoms with Crippen molar-refractivity contribution in [1.82, 2.24) is 14.4 Å². The number of ether oxygens (including phenoxy) is 1. The zero-order valence-electron chi connectivity index (χ0n) is 28.2. The molecule has 7 rings (SSSR count). The molecule has 10 heteroatoms.